The van der Waals surface area contributed by atoms with E-state index in [9.17, 15) is 10.1 Å². The number of hydrogen-bond acceptors (Lipinski definition) is 5. The van der Waals surface area contributed by atoms with Crippen LogP contribution in [0.4, 0.5) is 11.6 Å². The second-order valence-electron chi connectivity index (χ2n) is 1.78. The van der Waals surface area contributed by atoms with Gasteiger partial charge in [-0.2, -0.15) is 0 Å². The summed E-state index contributed by atoms with van der Waals surface area (Å²) in [6.07, 6.45) is 0. The van der Waals surface area contributed by atoms with Gasteiger partial charge < -0.3 is 10.1 Å². The van der Waals surface area contributed by atoms with Gasteiger partial charge in [-0.05, 0) is 15.6 Å². The van der Waals surface area contributed by atoms with E-state index >= 15 is 0 Å². The number of azide groups is 1. The smallest absolute Gasteiger partial charge is 0.358 e. The van der Waals surface area contributed by atoms with Gasteiger partial charge in [-0.1, -0.05) is 4.80 Å². The summed E-state index contributed by atoms with van der Waals surface area (Å²) in [5.41, 5.74) is 7.99. The molecule has 0 N–H and O–H groups in total. The second-order valence-corrected chi connectivity index (χ2v) is 1.78. The minimum absolute atomic E-state index is 0.329. The monoisotopic (exact) mass is 169 g/mol. The Morgan fingerprint density at radius 1 is 1.75 bits per heavy atom. The van der Waals surface area contributed by atoms with Gasteiger partial charge in [0.2, 0.25) is 5.82 Å². The van der Waals surface area contributed by atoms with Gasteiger partial charge in [-0.15, -0.1) is 5.10 Å². The van der Waals surface area contributed by atoms with Gasteiger partial charge >= 0.3 is 5.82 Å². The van der Waals surface area contributed by atoms with Gasteiger partial charge in [0.1, 0.15) is 0 Å². The SMILES string of the molecule is Cn1nc(N=[N+]=[N-])c([N+](=O)[O-])n1. The van der Waals surface area contributed by atoms with Gasteiger partial charge in [0.25, 0.3) is 0 Å². The van der Waals surface area contributed by atoms with Crippen molar-refractivity contribution in [1.82, 2.24) is 15.0 Å². The van der Waals surface area contributed by atoms with Gasteiger partial charge in [-0.25, -0.2) is 0 Å². The molecule has 9 nitrogen and oxygen atoms in total. The highest BCUT2D eigenvalue weighted by atomic mass is 16.6. The maximum atomic E-state index is 10.2. The maximum Gasteiger partial charge on any atom is 0.420 e. The van der Waals surface area contributed by atoms with Crippen LogP contribution in [-0.4, -0.2) is 19.9 Å². The lowest BCUT2D eigenvalue weighted by molar-refractivity contribution is -0.389. The highest BCUT2D eigenvalue weighted by Gasteiger charge is 2.19. The lowest BCUT2D eigenvalue weighted by Gasteiger charge is -1.83. The van der Waals surface area contributed by atoms with E-state index in [0.717, 1.165) is 4.80 Å². The van der Waals surface area contributed by atoms with Crippen molar-refractivity contribution in [2.24, 2.45) is 12.2 Å². The lowest BCUT2D eigenvalue weighted by Crippen LogP contribution is -1.93. The molecule has 1 aromatic rings. The van der Waals surface area contributed by atoms with Gasteiger partial charge in [0, 0.05) is 4.91 Å². The van der Waals surface area contributed by atoms with E-state index in [0.29, 0.717) is 0 Å². The first-order chi connectivity index (χ1) is 5.65. The molecule has 1 heterocycles. The van der Waals surface area contributed by atoms with E-state index in [2.05, 4.69) is 20.2 Å². The van der Waals surface area contributed by atoms with Crippen molar-refractivity contribution in [2.75, 3.05) is 0 Å². The molecule has 0 atom stereocenters. The van der Waals surface area contributed by atoms with Crippen molar-refractivity contribution in [2.45, 2.75) is 0 Å². The first-order valence-corrected chi connectivity index (χ1v) is 2.76. The fourth-order valence-corrected chi connectivity index (χ4v) is 0.611. The average Bonchev–Trinajstić information content (AvgIpc) is 2.32. The molecular formula is C3H3N7O2. The van der Waals surface area contributed by atoms with Crippen LogP contribution in [0.15, 0.2) is 5.11 Å². The molecule has 0 aliphatic carbocycles. The number of hydrogen-bond donors (Lipinski definition) is 0. The van der Waals surface area contributed by atoms with E-state index in [1.165, 1.54) is 7.05 Å². The molecule has 9 heteroatoms. The minimum Gasteiger partial charge on any atom is -0.358 e. The number of nitro groups is 1. The largest absolute Gasteiger partial charge is 0.420 e. The van der Waals surface area contributed by atoms with Gasteiger partial charge in [-0.3, -0.25) is 0 Å². The lowest BCUT2D eigenvalue weighted by atomic mass is 10.7. The molecule has 0 amide bonds. The Morgan fingerprint density at radius 3 is 2.92 bits per heavy atom. The first kappa shape index (κ1) is 7.95. The molecule has 0 aromatic carbocycles. The Kier molecular flexibility index (Phi) is 1.88. The molecule has 0 unspecified atom stereocenters. The molecule has 0 bridgehead atoms. The van der Waals surface area contributed by atoms with Crippen LogP contribution in [0, 0.1) is 10.1 Å². The van der Waals surface area contributed by atoms with Gasteiger partial charge in [0.05, 0.1) is 12.1 Å². The summed E-state index contributed by atoms with van der Waals surface area (Å²) >= 11 is 0. The van der Waals surface area contributed by atoms with E-state index in [-0.39, 0.29) is 5.82 Å². The zero-order valence-corrected chi connectivity index (χ0v) is 5.95. The molecular weight excluding hydrogens is 166 g/mol. The Bertz CT molecular complexity index is 341. The summed E-state index contributed by atoms with van der Waals surface area (Å²) in [5, 5.41) is 20.0. The summed E-state index contributed by atoms with van der Waals surface area (Å²) in [4.78, 5) is 12.8. The standard InChI is InChI=1S/C3H3N7O2/c1-9-6-2(5-8-4)3(7-9)10(11)12/h1H3. The topological polar surface area (TPSA) is 123 Å². The van der Waals surface area contributed by atoms with Crippen LogP contribution >= 0.6 is 0 Å². The van der Waals surface area contributed by atoms with Crippen LogP contribution in [0.1, 0.15) is 0 Å². The molecule has 62 valence electrons. The van der Waals surface area contributed by atoms with Crippen LogP contribution in [0.2, 0.25) is 0 Å². The molecule has 0 radical (unpaired) electrons. The quantitative estimate of drug-likeness (QED) is 0.212. The average molecular weight is 169 g/mol. The second kappa shape index (κ2) is 2.84. The molecule has 1 aromatic heterocycles. The highest BCUT2D eigenvalue weighted by Crippen LogP contribution is 2.20. The van der Waals surface area contributed by atoms with Crippen molar-refractivity contribution in [3.8, 4) is 0 Å². The van der Waals surface area contributed by atoms with E-state index in [4.69, 9.17) is 5.53 Å². The molecule has 0 aliphatic heterocycles. The van der Waals surface area contributed by atoms with Crippen LogP contribution in [0.3, 0.4) is 0 Å². The zero-order chi connectivity index (χ0) is 9.14. The molecule has 0 saturated heterocycles. The fourth-order valence-electron chi connectivity index (χ4n) is 0.611. The Balaban J connectivity index is 3.25. The zero-order valence-electron chi connectivity index (χ0n) is 5.95. The third-order valence-electron chi connectivity index (χ3n) is 0.991. The number of aryl methyl sites for hydroxylation is 1. The first-order valence-electron chi connectivity index (χ1n) is 2.76. The van der Waals surface area contributed by atoms with Crippen LogP contribution in [-0.2, 0) is 7.05 Å². The summed E-state index contributed by atoms with van der Waals surface area (Å²) in [6, 6.07) is 0. The molecule has 1 rings (SSSR count). The summed E-state index contributed by atoms with van der Waals surface area (Å²) in [6.45, 7) is 0. The van der Waals surface area contributed by atoms with Crippen LogP contribution < -0.4 is 0 Å². The minimum atomic E-state index is -0.767. The van der Waals surface area contributed by atoms with Crippen LogP contribution in [0.25, 0.3) is 10.4 Å². The number of nitrogens with zero attached hydrogens (tertiary/aromatic N) is 7. The molecule has 0 aliphatic rings. The van der Waals surface area contributed by atoms with Crippen molar-refractivity contribution in [1.29, 1.82) is 0 Å². The summed E-state index contributed by atoms with van der Waals surface area (Å²) < 4.78 is 0. The Labute approximate surface area is 65.4 Å². The fraction of sp³-hybridized carbons (Fsp3) is 0.333. The number of rotatable bonds is 2. The molecule has 0 saturated carbocycles. The van der Waals surface area contributed by atoms with E-state index in [1.807, 2.05) is 0 Å². The van der Waals surface area contributed by atoms with Crippen molar-refractivity contribution < 1.29 is 4.92 Å². The Hall–Kier alpha value is -2.15. The third-order valence-corrected chi connectivity index (χ3v) is 0.991. The van der Waals surface area contributed by atoms with Crippen molar-refractivity contribution >= 4 is 11.6 Å². The highest BCUT2D eigenvalue weighted by molar-refractivity contribution is 5.43. The molecule has 12 heavy (non-hydrogen) atoms. The predicted octanol–water partition coefficient (Wildman–Crippen LogP) is 0.665. The molecule has 0 spiro atoms. The summed E-state index contributed by atoms with van der Waals surface area (Å²) in [7, 11) is 1.39. The number of aromatic nitrogens is 3. The van der Waals surface area contributed by atoms with E-state index in [1.54, 1.807) is 0 Å². The van der Waals surface area contributed by atoms with E-state index < -0.39 is 10.7 Å². The maximum absolute atomic E-state index is 10.2. The van der Waals surface area contributed by atoms with Crippen molar-refractivity contribution in [3.05, 3.63) is 20.6 Å². The Morgan fingerprint density at radius 2 is 2.42 bits per heavy atom. The van der Waals surface area contributed by atoms with Crippen molar-refractivity contribution in [3.63, 3.8) is 0 Å². The third kappa shape index (κ3) is 1.30. The normalized spacial score (nSPS) is 9.08. The van der Waals surface area contributed by atoms with Gasteiger partial charge in [0.15, 0.2) is 0 Å². The van der Waals surface area contributed by atoms with Crippen LogP contribution in [0.5, 0.6) is 0 Å². The summed E-state index contributed by atoms with van der Waals surface area (Å²) in [5.74, 6) is -0.875. The molecule has 0 fully saturated rings. The predicted molar refractivity (Wildman–Crippen MR) is 36.5 cm³/mol.